The summed E-state index contributed by atoms with van der Waals surface area (Å²) < 4.78 is 5.17. The van der Waals surface area contributed by atoms with Gasteiger partial charge in [0.1, 0.15) is 5.75 Å². The maximum Gasteiger partial charge on any atom is 0.191 e. The second-order valence-corrected chi connectivity index (χ2v) is 7.73. The van der Waals surface area contributed by atoms with Gasteiger partial charge >= 0.3 is 0 Å². The zero-order chi connectivity index (χ0) is 19.2. The molecule has 2 bridgehead atoms. The maximum absolute atomic E-state index is 10.5. The number of aliphatic hydroxyl groups is 1. The Morgan fingerprint density at radius 2 is 1.89 bits per heavy atom. The molecule has 2 saturated heterocycles. The van der Waals surface area contributed by atoms with Gasteiger partial charge in [-0.3, -0.25) is 4.99 Å². The number of piperidine rings is 2. The second kappa shape index (κ2) is 11.2. The lowest BCUT2D eigenvalue weighted by molar-refractivity contribution is 0.0526. The van der Waals surface area contributed by atoms with Crippen molar-refractivity contribution in [1.29, 1.82) is 0 Å². The molecule has 6 nitrogen and oxygen atoms in total. The molecule has 3 atom stereocenters. The van der Waals surface area contributed by atoms with Crippen LogP contribution in [0.4, 0.5) is 0 Å². The van der Waals surface area contributed by atoms with Gasteiger partial charge in [0.05, 0.1) is 19.8 Å². The van der Waals surface area contributed by atoms with Crippen molar-refractivity contribution in [2.24, 2.45) is 4.99 Å². The molecule has 28 heavy (non-hydrogen) atoms. The van der Waals surface area contributed by atoms with Gasteiger partial charge in [-0.25, -0.2) is 0 Å². The van der Waals surface area contributed by atoms with Gasteiger partial charge in [0, 0.05) is 24.7 Å². The largest absolute Gasteiger partial charge is 0.497 e. The number of nitrogens with zero attached hydrogens (tertiary/aromatic N) is 2. The minimum Gasteiger partial charge on any atom is -0.497 e. The number of halogens is 1. The Morgan fingerprint density at radius 3 is 2.46 bits per heavy atom. The topological polar surface area (TPSA) is 69.1 Å². The lowest BCUT2D eigenvalue weighted by Gasteiger charge is -2.47. The van der Waals surface area contributed by atoms with Gasteiger partial charge in [0.25, 0.3) is 0 Å². The van der Waals surface area contributed by atoms with Crippen LogP contribution < -0.4 is 15.4 Å². The Balaban J connectivity index is 0.00000280. The number of aliphatic hydroxyl groups excluding tert-OH is 1. The number of ether oxygens (including phenoxy) is 1. The Kier molecular flexibility index (Phi) is 9.30. The van der Waals surface area contributed by atoms with E-state index in [1.807, 2.05) is 24.3 Å². The molecule has 0 aliphatic carbocycles. The van der Waals surface area contributed by atoms with E-state index in [9.17, 15) is 5.11 Å². The molecule has 2 aliphatic rings. The lowest BCUT2D eigenvalue weighted by atomic mass is 9.82. The fraction of sp³-hybridized carbons (Fsp3) is 0.667. The highest BCUT2D eigenvalue weighted by Gasteiger charge is 2.36. The van der Waals surface area contributed by atoms with Crippen LogP contribution >= 0.6 is 24.0 Å². The van der Waals surface area contributed by atoms with Gasteiger partial charge in [-0.05, 0) is 57.4 Å². The second-order valence-electron chi connectivity index (χ2n) is 7.73. The molecule has 7 heteroatoms. The van der Waals surface area contributed by atoms with Crippen LogP contribution in [-0.4, -0.2) is 61.3 Å². The third-order valence-corrected chi connectivity index (χ3v) is 5.95. The molecule has 3 N–H and O–H groups in total. The van der Waals surface area contributed by atoms with Crippen molar-refractivity contribution in [3.8, 4) is 5.75 Å². The Bertz CT molecular complexity index is 611. The summed E-state index contributed by atoms with van der Waals surface area (Å²) in [6, 6.07) is 9.32. The standard InChI is InChI=1S/C21H34N4O2.HI/c1-4-22-21(23-14-20(26)15-8-10-19(27-3)11-9-15)24-16-12-17-6-5-7-18(13-16)25(17)2;/h8-11,16-18,20,26H,4-7,12-14H2,1-3H3,(H2,22,23,24);1H. The fourth-order valence-electron chi connectivity index (χ4n) is 4.36. The van der Waals surface area contributed by atoms with E-state index in [0.717, 1.165) is 23.8 Å². The molecule has 3 unspecified atom stereocenters. The third kappa shape index (κ3) is 5.97. The van der Waals surface area contributed by atoms with E-state index in [1.54, 1.807) is 7.11 Å². The summed E-state index contributed by atoms with van der Waals surface area (Å²) in [5.41, 5.74) is 0.851. The normalized spacial score (nSPS) is 26.1. The van der Waals surface area contributed by atoms with Crippen molar-refractivity contribution in [2.75, 3.05) is 27.2 Å². The van der Waals surface area contributed by atoms with Crippen LogP contribution in [-0.2, 0) is 0 Å². The molecule has 2 fully saturated rings. The summed E-state index contributed by atoms with van der Waals surface area (Å²) in [7, 11) is 3.91. The summed E-state index contributed by atoms with van der Waals surface area (Å²) in [6.45, 7) is 3.21. The fourth-order valence-corrected chi connectivity index (χ4v) is 4.36. The predicted molar refractivity (Wildman–Crippen MR) is 125 cm³/mol. The number of hydrogen-bond donors (Lipinski definition) is 3. The molecule has 1 aromatic rings. The van der Waals surface area contributed by atoms with Gasteiger partial charge in [-0.1, -0.05) is 18.6 Å². The van der Waals surface area contributed by atoms with Crippen molar-refractivity contribution in [2.45, 2.75) is 63.3 Å². The summed E-state index contributed by atoms with van der Waals surface area (Å²) in [6.07, 6.45) is 5.67. The maximum atomic E-state index is 10.5. The van der Waals surface area contributed by atoms with Gasteiger partial charge in [0.15, 0.2) is 5.96 Å². The van der Waals surface area contributed by atoms with E-state index in [0.29, 0.717) is 24.7 Å². The zero-order valence-corrected chi connectivity index (χ0v) is 19.6. The van der Waals surface area contributed by atoms with Crippen molar-refractivity contribution >= 4 is 29.9 Å². The number of rotatable bonds is 6. The number of fused-ring (bicyclic) bond motifs is 2. The highest BCUT2D eigenvalue weighted by Crippen LogP contribution is 2.32. The summed E-state index contributed by atoms with van der Waals surface area (Å²) in [4.78, 5) is 7.21. The first kappa shape index (κ1) is 23.2. The predicted octanol–water partition coefficient (Wildman–Crippen LogP) is 2.92. The number of aliphatic imine (C=N–C) groups is 1. The monoisotopic (exact) mass is 502 g/mol. The first-order valence-electron chi connectivity index (χ1n) is 10.2. The molecule has 2 aliphatic heterocycles. The molecule has 1 aromatic carbocycles. The van der Waals surface area contributed by atoms with Crippen LogP contribution in [0.2, 0.25) is 0 Å². The molecule has 158 valence electrons. The summed E-state index contributed by atoms with van der Waals surface area (Å²) in [5.74, 6) is 1.59. The number of hydrogen-bond acceptors (Lipinski definition) is 4. The van der Waals surface area contributed by atoms with Crippen LogP contribution in [0.25, 0.3) is 0 Å². The number of nitrogens with one attached hydrogen (secondary N) is 2. The summed E-state index contributed by atoms with van der Waals surface area (Å²) in [5, 5.41) is 17.4. The minimum atomic E-state index is -0.622. The first-order valence-corrected chi connectivity index (χ1v) is 10.2. The van der Waals surface area contributed by atoms with Gasteiger partial charge in [-0.15, -0.1) is 24.0 Å². The van der Waals surface area contributed by atoms with Crippen molar-refractivity contribution in [1.82, 2.24) is 15.5 Å². The number of methoxy groups -OCH3 is 1. The minimum absolute atomic E-state index is 0. The smallest absolute Gasteiger partial charge is 0.191 e. The first-order chi connectivity index (χ1) is 13.1. The molecule has 0 spiro atoms. The Hall–Kier alpha value is -1.06. The molecule has 0 amide bonds. The average molecular weight is 502 g/mol. The van der Waals surface area contributed by atoms with E-state index in [-0.39, 0.29) is 24.0 Å². The van der Waals surface area contributed by atoms with E-state index < -0.39 is 6.10 Å². The van der Waals surface area contributed by atoms with Gasteiger partial charge in [-0.2, -0.15) is 0 Å². The van der Waals surface area contributed by atoms with Gasteiger partial charge in [0.2, 0.25) is 0 Å². The summed E-state index contributed by atoms with van der Waals surface area (Å²) >= 11 is 0. The van der Waals surface area contributed by atoms with E-state index in [1.165, 1.54) is 32.1 Å². The van der Waals surface area contributed by atoms with Gasteiger partial charge < -0.3 is 25.4 Å². The Morgan fingerprint density at radius 1 is 1.25 bits per heavy atom. The molecule has 0 aromatic heterocycles. The van der Waals surface area contributed by atoms with E-state index in [4.69, 9.17) is 4.74 Å². The molecule has 0 saturated carbocycles. The highest BCUT2D eigenvalue weighted by atomic mass is 127. The quantitative estimate of drug-likeness (QED) is 0.317. The van der Waals surface area contributed by atoms with Crippen LogP contribution in [0, 0.1) is 0 Å². The highest BCUT2D eigenvalue weighted by molar-refractivity contribution is 14.0. The molecule has 3 rings (SSSR count). The van der Waals surface area contributed by atoms with Crippen LogP contribution in [0.1, 0.15) is 50.7 Å². The van der Waals surface area contributed by atoms with E-state index in [2.05, 4.69) is 34.5 Å². The number of benzene rings is 1. The molecular formula is C21H35IN4O2. The zero-order valence-electron chi connectivity index (χ0n) is 17.2. The SMILES string of the molecule is CCNC(=NCC(O)c1ccc(OC)cc1)NC1CC2CCCC(C1)N2C.I. The Labute approximate surface area is 186 Å². The van der Waals surface area contributed by atoms with Crippen molar-refractivity contribution < 1.29 is 9.84 Å². The van der Waals surface area contributed by atoms with Crippen LogP contribution in [0.15, 0.2) is 29.3 Å². The average Bonchev–Trinajstić information content (AvgIpc) is 2.67. The third-order valence-electron chi connectivity index (χ3n) is 5.95. The van der Waals surface area contributed by atoms with Crippen molar-refractivity contribution in [3.63, 3.8) is 0 Å². The van der Waals surface area contributed by atoms with Crippen LogP contribution in [0.5, 0.6) is 5.75 Å². The van der Waals surface area contributed by atoms with E-state index >= 15 is 0 Å². The molecule has 0 radical (unpaired) electrons. The molecular weight excluding hydrogens is 467 g/mol. The van der Waals surface area contributed by atoms with Crippen molar-refractivity contribution in [3.05, 3.63) is 29.8 Å². The lowest BCUT2D eigenvalue weighted by Crippen LogP contribution is -2.56. The molecule has 2 heterocycles. The van der Waals surface area contributed by atoms with Crippen LogP contribution in [0.3, 0.4) is 0 Å². The number of guanidine groups is 1.